The van der Waals surface area contributed by atoms with Crippen LogP contribution in [0.2, 0.25) is 0 Å². The van der Waals surface area contributed by atoms with Crippen LogP contribution in [0.3, 0.4) is 0 Å². The molecule has 8 heteroatoms. The molecule has 0 amide bonds. The molecule has 0 aliphatic carbocycles. The summed E-state index contributed by atoms with van der Waals surface area (Å²) >= 11 is 0. The minimum atomic E-state index is -3.70. The van der Waals surface area contributed by atoms with E-state index in [4.69, 9.17) is 4.74 Å². The van der Waals surface area contributed by atoms with Gasteiger partial charge >= 0.3 is 0 Å². The fraction of sp³-hybridized carbons (Fsp3) is 0.200. The van der Waals surface area contributed by atoms with Crippen LogP contribution in [0.4, 0.5) is 5.69 Å². The van der Waals surface area contributed by atoms with Gasteiger partial charge in [0.2, 0.25) is 10.0 Å². The Balaban J connectivity index is 2.09. The zero-order valence-corrected chi connectivity index (χ0v) is 13.2. The third-order valence-electron chi connectivity index (χ3n) is 3.16. The van der Waals surface area contributed by atoms with Crippen LogP contribution in [-0.4, -0.2) is 20.5 Å². The highest BCUT2D eigenvalue weighted by Crippen LogP contribution is 2.20. The van der Waals surface area contributed by atoms with Crippen LogP contribution in [0, 0.1) is 10.1 Å². The molecular weight excluding hydrogens is 320 g/mol. The number of para-hydroxylation sites is 1. The third kappa shape index (κ3) is 4.76. The first-order valence-electron chi connectivity index (χ1n) is 6.74. The molecule has 23 heavy (non-hydrogen) atoms. The van der Waals surface area contributed by atoms with Gasteiger partial charge in [-0.3, -0.25) is 10.1 Å². The minimum absolute atomic E-state index is 0.0835. The molecule has 0 fully saturated rings. The molecule has 0 saturated carbocycles. The minimum Gasteiger partial charge on any atom is -0.497 e. The van der Waals surface area contributed by atoms with Crippen molar-refractivity contribution in [2.75, 3.05) is 7.11 Å². The number of sulfonamides is 1. The van der Waals surface area contributed by atoms with Crippen molar-refractivity contribution in [3.8, 4) is 5.75 Å². The summed E-state index contributed by atoms with van der Waals surface area (Å²) in [6, 6.07) is 12.8. The number of benzene rings is 2. The van der Waals surface area contributed by atoms with E-state index in [-0.39, 0.29) is 17.8 Å². The van der Waals surface area contributed by atoms with E-state index in [9.17, 15) is 18.5 Å². The molecular formula is C15H16N2O5S. The lowest BCUT2D eigenvalue weighted by Gasteiger charge is -2.08. The van der Waals surface area contributed by atoms with Crippen LogP contribution in [0.25, 0.3) is 0 Å². The van der Waals surface area contributed by atoms with Crippen molar-refractivity contribution < 1.29 is 18.1 Å². The third-order valence-corrected chi connectivity index (χ3v) is 4.44. The van der Waals surface area contributed by atoms with Gasteiger partial charge in [-0.1, -0.05) is 30.3 Å². The molecule has 0 spiro atoms. The van der Waals surface area contributed by atoms with Gasteiger partial charge in [-0.05, 0) is 17.7 Å². The highest BCUT2D eigenvalue weighted by molar-refractivity contribution is 7.88. The fourth-order valence-corrected chi connectivity index (χ4v) is 3.18. The first kappa shape index (κ1) is 16.9. The maximum absolute atomic E-state index is 12.1. The van der Waals surface area contributed by atoms with E-state index >= 15 is 0 Å². The summed E-state index contributed by atoms with van der Waals surface area (Å²) in [5, 5.41) is 10.9. The van der Waals surface area contributed by atoms with Crippen LogP contribution < -0.4 is 9.46 Å². The summed E-state index contributed by atoms with van der Waals surface area (Å²) in [4.78, 5) is 10.3. The molecule has 0 atom stereocenters. The summed E-state index contributed by atoms with van der Waals surface area (Å²) in [6.45, 7) is 0.0835. The van der Waals surface area contributed by atoms with Crippen LogP contribution >= 0.6 is 0 Å². The second kappa shape index (κ2) is 7.21. The fourth-order valence-electron chi connectivity index (χ4n) is 2.04. The van der Waals surface area contributed by atoms with E-state index in [2.05, 4.69) is 4.72 Å². The summed E-state index contributed by atoms with van der Waals surface area (Å²) in [5.74, 6) is 0.175. The molecule has 0 aliphatic heterocycles. The average Bonchev–Trinajstić information content (AvgIpc) is 2.53. The second-order valence-electron chi connectivity index (χ2n) is 4.82. The highest BCUT2D eigenvalue weighted by atomic mass is 32.2. The molecule has 0 aromatic heterocycles. The molecule has 0 heterocycles. The van der Waals surface area contributed by atoms with Gasteiger partial charge in [-0.2, -0.15) is 0 Å². The predicted molar refractivity (Wildman–Crippen MR) is 85.6 cm³/mol. The Morgan fingerprint density at radius 2 is 1.91 bits per heavy atom. The van der Waals surface area contributed by atoms with Gasteiger partial charge in [0, 0.05) is 18.2 Å². The Hall–Kier alpha value is -2.45. The molecule has 0 aliphatic rings. The van der Waals surface area contributed by atoms with Gasteiger partial charge < -0.3 is 4.74 Å². The van der Waals surface area contributed by atoms with Gasteiger partial charge in [0.1, 0.15) is 5.75 Å². The Bertz CT molecular complexity index is 805. The van der Waals surface area contributed by atoms with Crippen molar-refractivity contribution in [2.45, 2.75) is 12.3 Å². The van der Waals surface area contributed by atoms with E-state index in [1.807, 2.05) is 0 Å². The molecule has 122 valence electrons. The van der Waals surface area contributed by atoms with Crippen molar-refractivity contribution in [3.63, 3.8) is 0 Å². The zero-order chi connectivity index (χ0) is 16.9. The molecule has 1 N–H and O–H groups in total. The molecule has 0 bridgehead atoms. The van der Waals surface area contributed by atoms with Crippen LogP contribution in [0.1, 0.15) is 11.1 Å². The standard InChI is InChI=1S/C15H16N2O5S/c1-22-14-7-4-5-12(9-14)10-16-23(20,21)11-13-6-2-3-8-15(13)17(18)19/h2-9,16H,10-11H2,1H3. The normalized spacial score (nSPS) is 11.2. The highest BCUT2D eigenvalue weighted by Gasteiger charge is 2.19. The van der Waals surface area contributed by atoms with E-state index < -0.39 is 20.7 Å². The van der Waals surface area contributed by atoms with Crippen molar-refractivity contribution in [2.24, 2.45) is 0 Å². The largest absolute Gasteiger partial charge is 0.497 e. The number of methoxy groups -OCH3 is 1. The molecule has 2 aromatic carbocycles. The molecule has 2 aromatic rings. The average molecular weight is 336 g/mol. The number of nitrogens with zero attached hydrogens (tertiary/aromatic N) is 1. The first-order valence-corrected chi connectivity index (χ1v) is 8.39. The number of rotatable bonds is 7. The number of hydrogen-bond donors (Lipinski definition) is 1. The smallest absolute Gasteiger partial charge is 0.273 e. The summed E-state index contributed by atoms with van der Waals surface area (Å²) in [7, 11) is -2.18. The quantitative estimate of drug-likeness (QED) is 0.617. The monoisotopic (exact) mass is 336 g/mol. The molecule has 7 nitrogen and oxygen atoms in total. The maximum Gasteiger partial charge on any atom is 0.273 e. The Labute approximate surface area is 134 Å². The maximum atomic E-state index is 12.1. The van der Waals surface area contributed by atoms with E-state index in [1.54, 1.807) is 30.3 Å². The number of nitro benzene ring substituents is 1. The van der Waals surface area contributed by atoms with E-state index in [1.165, 1.54) is 25.3 Å². The van der Waals surface area contributed by atoms with Gasteiger partial charge in [0.05, 0.1) is 17.8 Å². The van der Waals surface area contributed by atoms with Gasteiger partial charge in [-0.15, -0.1) is 0 Å². The summed E-state index contributed by atoms with van der Waals surface area (Å²) in [6.07, 6.45) is 0. The summed E-state index contributed by atoms with van der Waals surface area (Å²) in [5.41, 5.74) is 0.672. The van der Waals surface area contributed by atoms with Gasteiger partial charge in [-0.25, -0.2) is 13.1 Å². The van der Waals surface area contributed by atoms with Crippen LogP contribution in [0.5, 0.6) is 5.75 Å². The molecule has 2 rings (SSSR count). The second-order valence-corrected chi connectivity index (χ2v) is 6.62. The van der Waals surface area contributed by atoms with E-state index in [0.29, 0.717) is 5.75 Å². The molecule has 0 radical (unpaired) electrons. The van der Waals surface area contributed by atoms with Gasteiger partial charge in [0.25, 0.3) is 5.69 Å². The number of nitro groups is 1. The molecule has 0 unspecified atom stereocenters. The van der Waals surface area contributed by atoms with Crippen molar-refractivity contribution in [3.05, 3.63) is 69.8 Å². The first-order chi connectivity index (χ1) is 10.9. The Morgan fingerprint density at radius 1 is 1.17 bits per heavy atom. The van der Waals surface area contributed by atoms with Crippen LogP contribution in [-0.2, 0) is 22.3 Å². The number of hydrogen-bond acceptors (Lipinski definition) is 5. The lowest BCUT2D eigenvalue weighted by atomic mass is 10.2. The number of nitrogens with one attached hydrogen (secondary N) is 1. The lowest BCUT2D eigenvalue weighted by molar-refractivity contribution is -0.385. The topological polar surface area (TPSA) is 98.5 Å². The van der Waals surface area contributed by atoms with Crippen molar-refractivity contribution in [1.82, 2.24) is 4.72 Å². The van der Waals surface area contributed by atoms with Crippen molar-refractivity contribution in [1.29, 1.82) is 0 Å². The van der Waals surface area contributed by atoms with E-state index in [0.717, 1.165) is 5.56 Å². The molecule has 0 saturated heterocycles. The Kier molecular flexibility index (Phi) is 5.30. The van der Waals surface area contributed by atoms with Crippen molar-refractivity contribution >= 4 is 15.7 Å². The SMILES string of the molecule is COc1cccc(CNS(=O)(=O)Cc2ccccc2[N+](=O)[O-])c1. The predicted octanol–water partition coefficient (Wildman–Crippen LogP) is 2.22. The zero-order valence-electron chi connectivity index (χ0n) is 12.4. The number of ether oxygens (including phenoxy) is 1. The lowest BCUT2D eigenvalue weighted by Crippen LogP contribution is -2.25. The summed E-state index contributed by atoms with van der Waals surface area (Å²) < 4.78 is 31.8. The Morgan fingerprint density at radius 3 is 2.61 bits per heavy atom. The van der Waals surface area contributed by atoms with Crippen LogP contribution in [0.15, 0.2) is 48.5 Å². The van der Waals surface area contributed by atoms with Gasteiger partial charge in [0.15, 0.2) is 0 Å².